The Hall–Kier alpha value is -3.38. The smallest absolute Gasteiger partial charge is 0.247 e. The minimum absolute atomic E-state index is 0. The lowest BCUT2D eigenvalue weighted by Crippen LogP contribution is -2.59. The Kier molecular flexibility index (Phi) is 11.6. The molecular formula is C30H38Cl3N7O4. The summed E-state index contributed by atoms with van der Waals surface area (Å²) in [6, 6.07) is 6.61. The van der Waals surface area contributed by atoms with Gasteiger partial charge in [-0.05, 0) is 50.4 Å². The number of methoxy groups -OCH3 is 1. The molecule has 2 aromatic carbocycles. The minimum atomic E-state index is -0.816. The predicted octanol–water partition coefficient (Wildman–Crippen LogP) is 5.18. The topological polar surface area (TPSA) is 138 Å². The molecule has 1 unspecified atom stereocenters. The maximum absolute atomic E-state index is 13.8. The van der Waals surface area contributed by atoms with Crippen LogP contribution in [0.4, 0.5) is 17.2 Å². The molecule has 0 saturated carbocycles. The van der Waals surface area contributed by atoms with Gasteiger partial charge in [0.1, 0.15) is 30.0 Å². The van der Waals surface area contributed by atoms with Gasteiger partial charge in [-0.2, -0.15) is 0 Å². The van der Waals surface area contributed by atoms with E-state index in [1.165, 1.54) is 13.4 Å². The summed E-state index contributed by atoms with van der Waals surface area (Å²) in [6.45, 7) is 7.77. The highest BCUT2D eigenvalue weighted by Gasteiger charge is 2.42. The molecule has 1 aliphatic heterocycles. The van der Waals surface area contributed by atoms with Gasteiger partial charge in [-0.3, -0.25) is 14.4 Å². The largest absolute Gasteiger partial charge is 0.494 e. The fraction of sp³-hybridized carbons (Fsp3) is 0.433. The fourth-order valence-corrected chi connectivity index (χ4v) is 5.26. The maximum atomic E-state index is 13.8. The second kappa shape index (κ2) is 14.6. The second-order valence-corrected chi connectivity index (χ2v) is 12.3. The number of likely N-dealkylation sites (N-methyl/N-ethyl adjacent to an activating group) is 1. The lowest BCUT2D eigenvalue weighted by Gasteiger charge is -2.36. The average molecular weight is 667 g/mol. The molecule has 11 nitrogen and oxygen atoms in total. The van der Waals surface area contributed by atoms with Gasteiger partial charge in [0, 0.05) is 18.0 Å². The zero-order valence-electron chi connectivity index (χ0n) is 25.5. The number of aromatic nitrogens is 2. The first-order valence-corrected chi connectivity index (χ1v) is 14.7. The van der Waals surface area contributed by atoms with Crippen LogP contribution >= 0.6 is 35.6 Å². The minimum Gasteiger partial charge on any atom is -0.494 e. The van der Waals surface area contributed by atoms with Crippen LogP contribution in [0.2, 0.25) is 10.0 Å². The number of hydrogen-bond acceptors (Lipinski definition) is 8. The molecule has 1 aromatic heterocycles. The van der Waals surface area contributed by atoms with Gasteiger partial charge in [-0.25, -0.2) is 9.97 Å². The molecule has 238 valence electrons. The molecule has 1 saturated heterocycles. The summed E-state index contributed by atoms with van der Waals surface area (Å²) in [5, 5.41) is 13.2. The monoisotopic (exact) mass is 665 g/mol. The van der Waals surface area contributed by atoms with Crippen molar-refractivity contribution in [2.75, 3.05) is 31.3 Å². The quantitative estimate of drug-likeness (QED) is 0.245. The molecule has 1 aliphatic rings. The number of fused-ring (bicyclic) bond motifs is 1. The summed E-state index contributed by atoms with van der Waals surface area (Å²) < 4.78 is 5.58. The molecule has 3 atom stereocenters. The summed E-state index contributed by atoms with van der Waals surface area (Å²) in [6.07, 6.45) is 2.54. The highest BCUT2D eigenvalue weighted by atomic mass is 35.5. The third-order valence-electron chi connectivity index (χ3n) is 7.48. The third kappa shape index (κ3) is 7.63. The van der Waals surface area contributed by atoms with Crippen molar-refractivity contribution in [3.8, 4) is 5.75 Å². The molecule has 4 N–H and O–H groups in total. The number of amides is 3. The van der Waals surface area contributed by atoms with Crippen molar-refractivity contribution in [3.05, 3.63) is 46.7 Å². The summed E-state index contributed by atoms with van der Waals surface area (Å²) in [7, 11) is 3.18. The first kappa shape index (κ1) is 35.1. The molecule has 0 aliphatic carbocycles. The standard InChI is InChI=1S/C30H37Cl2N7O4.ClH/c1-16(33-5)27(40)38-25(30(2,3)4)29(42)39-12-8-11-22(39)28(41)37-21-13-17-20(14-23(21)43-6)34-15-35-26(17)36-19-10-7-9-18(31)24(19)32;/h7,9-10,13-16,22,25,33H,8,11-12H2,1-6H3,(H,37,41)(H,38,40)(H,34,35,36);1H/t16-,22?,25+;/m0./s1. The summed E-state index contributed by atoms with van der Waals surface area (Å²) in [5.74, 6) is -0.115. The number of nitrogens with zero attached hydrogens (tertiary/aromatic N) is 3. The van der Waals surface area contributed by atoms with Crippen LogP contribution in [0, 0.1) is 5.41 Å². The van der Waals surface area contributed by atoms with Crippen molar-refractivity contribution in [1.29, 1.82) is 0 Å². The van der Waals surface area contributed by atoms with Crippen molar-refractivity contribution in [2.45, 2.75) is 58.7 Å². The van der Waals surface area contributed by atoms with E-state index in [1.54, 1.807) is 49.2 Å². The van der Waals surface area contributed by atoms with E-state index in [4.69, 9.17) is 27.9 Å². The van der Waals surface area contributed by atoms with E-state index in [0.29, 0.717) is 63.3 Å². The van der Waals surface area contributed by atoms with E-state index in [2.05, 4.69) is 31.2 Å². The van der Waals surface area contributed by atoms with Crippen LogP contribution in [-0.2, 0) is 14.4 Å². The molecule has 14 heteroatoms. The Morgan fingerprint density at radius 3 is 2.50 bits per heavy atom. The van der Waals surface area contributed by atoms with Crippen LogP contribution in [0.5, 0.6) is 5.75 Å². The SMILES string of the molecule is CN[C@@H](C)C(=O)N[C@H](C(=O)N1CCCC1C(=O)Nc1cc2c(Nc3cccc(Cl)c3Cl)ncnc2cc1OC)C(C)(C)C.Cl. The Morgan fingerprint density at radius 2 is 1.84 bits per heavy atom. The third-order valence-corrected chi connectivity index (χ3v) is 8.30. The van der Waals surface area contributed by atoms with Gasteiger partial charge in [0.25, 0.3) is 0 Å². The molecule has 0 spiro atoms. The number of rotatable bonds is 9. The van der Waals surface area contributed by atoms with Crippen molar-refractivity contribution in [2.24, 2.45) is 5.41 Å². The molecule has 0 bridgehead atoms. The van der Waals surface area contributed by atoms with E-state index < -0.39 is 23.5 Å². The van der Waals surface area contributed by atoms with Gasteiger partial charge < -0.3 is 30.9 Å². The molecule has 1 fully saturated rings. The van der Waals surface area contributed by atoms with Crippen LogP contribution in [0.25, 0.3) is 10.9 Å². The molecule has 2 heterocycles. The number of anilines is 3. The van der Waals surface area contributed by atoms with Crippen LogP contribution in [0.1, 0.15) is 40.5 Å². The Morgan fingerprint density at radius 1 is 1.11 bits per heavy atom. The highest BCUT2D eigenvalue weighted by Crippen LogP contribution is 2.36. The first-order valence-electron chi connectivity index (χ1n) is 14.0. The van der Waals surface area contributed by atoms with Crippen molar-refractivity contribution in [1.82, 2.24) is 25.5 Å². The number of benzene rings is 2. The maximum Gasteiger partial charge on any atom is 0.247 e. The zero-order chi connectivity index (χ0) is 31.5. The fourth-order valence-electron chi connectivity index (χ4n) is 4.91. The first-order chi connectivity index (χ1) is 20.3. The van der Waals surface area contributed by atoms with E-state index in [9.17, 15) is 14.4 Å². The van der Waals surface area contributed by atoms with Crippen LogP contribution in [-0.4, -0.2) is 71.4 Å². The summed E-state index contributed by atoms with van der Waals surface area (Å²) in [4.78, 5) is 50.5. The van der Waals surface area contributed by atoms with Gasteiger partial charge in [0.15, 0.2) is 0 Å². The van der Waals surface area contributed by atoms with E-state index in [-0.39, 0.29) is 30.1 Å². The number of hydrogen-bond donors (Lipinski definition) is 4. The highest BCUT2D eigenvalue weighted by molar-refractivity contribution is 6.43. The lowest BCUT2D eigenvalue weighted by molar-refractivity contribution is -0.143. The predicted molar refractivity (Wildman–Crippen MR) is 176 cm³/mol. The number of nitrogens with one attached hydrogen (secondary N) is 4. The Labute approximate surface area is 273 Å². The Bertz CT molecular complexity index is 1530. The number of carbonyl (C=O) groups is 3. The van der Waals surface area contributed by atoms with E-state index in [1.807, 2.05) is 20.8 Å². The normalized spacial score (nSPS) is 16.1. The summed E-state index contributed by atoms with van der Waals surface area (Å²) >= 11 is 12.6. The second-order valence-electron chi connectivity index (χ2n) is 11.5. The molecule has 3 aromatic rings. The molecule has 3 amide bonds. The molecule has 0 radical (unpaired) electrons. The zero-order valence-corrected chi connectivity index (χ0v) is 27.8. The van der Waals surface area contributed by atoms with Crippen molar-refractivity contribution < 1.29 is 19.1 Å². The van der Waals surface area contributed by atoms with Crippen molar-refractivity contribution in [3.63, 3.8) is 0 Å². The molecular weight excluding hydrogens is 629 g/mol. The molecule has 4 rings (SSSR count). The van der Waals surface area contributed by atoms with Crippen LogP contribution < -0.4 is 26.0 Å². The molecule has 44 heavy (non-hydrogen) atoms. The number of halogens is 3. The van der Waals surface area contributed by atoms with Gasteiger partial charge in [-0.15, -0.1) is 12.4 Å². The summed E-state index contributed by atoms with van der Waals surface area (Å²) in [5.41, 5.74) is 0.932. The van der Waals surface area contributed by atoms with Crippen LogP contribution in [0.15, 0.2) is 36.7 Å². The number of likely N-dealkylation sites (tertiary alicyclic amines) is 1. The number of carbonyl (C=O) groups excluding carboxylic acids is 3. The lowest BCUT2D eigenvalue weighted by atomic mass is 9.85. The van der Waals surface area contributed by atoms with Gasteiger partial charge in [0.2, 0.25) is 17.7 Å². The Balaban J connectivity index is 0.00000529. The van der Waals surface area contributed by atoms with Gasteiger partial charge >= 0.3 is 0 Å². The number of ether oxygens (including phenoxy) is 1. The van der Waals surface area contributed by atoms with Crippen LogP contribution in [0.3, 0.4) is 0 Å². The van der Waals surface area contributed by atoms with Gasteiger partial charge in [0.05, 0.1) is 40.1 Å². The van der Waals surface area contributed by atoms with Gasteiger partial charge in [-0.1, -0.05) is 50.0 Å². The van der Waals surface area contributed by atoms with Crippen molar-refractivity contribution >= 4 is 81.4 Å². The van der Waals surface area contributed by atoms with E-state index >= 15 is 0 Å². The average Bonchev–Trinajstić information content (AvgIpc) is 3.47. The van der Waals surface area contributed by atoms with E-state index in [0.717, 1.165) is 0 Å².